The predicted octanol–water partition coefficient (Wildman–Crippen LogP) is 6.67. The lowest BCUT2D eigenvalue weighted by Gasteiger charge is -2.38. The Kier molecular flexibility index (Phi) is 14.8. The number of carbonyl (C=O) groups excluding carboxylic acids is 3. The van der Waals surface area contributed by atoms with E-state index in [0.29, 0.717) is 17.9 Å². The first-order valence-electron chi connectivity index (χ1n) is 21.9. The summed E-state index contributed by atoms with van der Waals surface area (Å²) in [4.78, 5) is 62.8. The third-order valence-corrected chi connectivity index (χ3v) is 12.6. The van der Waals surface area contributed by atoms with Crippen LogP contribution in [0.4, 0.5) is 5.69 Å². The highest BCUT2D eigenvalue weighted by molar-refractivity contribution is 6.22. The van der Waals surface area contributed by atoms with Gasteiger partial charge in [0.15, 0.2) is 11.3 Å². The van der Waals surface area contributed by atoms with Crippen molar-refractivity contribution in [3.8, 4) is 28.7 Å². The van der Waals surface area contributed by atoms with Crippen LogP contribution < -0.4 is 20.2 Å². The van der Waals surface area contributed by atoms with Gasteiger partial charge in [-0.3, -0.25) is 19.2 Å². The van der Waals surface area contributed by atoms with Crippen LogP contribution in [0.3, 0.4) is 0 Å². The van der Waals surface area contributed by atoms with E-state index >= 15 is 0 Å². The summed E-state index contributed by atoms with van der Waals surface area (Å²) < 4.78 is 36.4. The minimum absolute atomic E-state index is 0.0166. The van der Waals surface area contributed by atoms with Gasteiger partial charge in [-0.25, -0.2) is 4.98 Å². The van der Waals surface area contributed by atoms with Crippen LogP contribution in [0.5, 0.6) is 17.2 Å². The minimum Gasteiger partial charge on any atom is -0.507 e. The van der Waals surface area contributed by atoms with Crippen molar-refractivity contribution in [2.45, 2.75) is 98.4 Å². The number of nitrogens with zero attached hydrogens (tertiary/aromatic N) is 2. The molecule has 0 spiro atoms. The zero-order chi connectivity index (χ0) is 47.7. The van der Waals surface area contributed by atoms with Crippen LogP contribution in [0.15, 0.2) is 63.6 Å². The Morgan fingerprint density at radius 2 is 1.71 bits per heavy atom. The Labute approximate surface area is 378 Å². The Morgan fingerprint density at radius 3 is 2.38 bits per heavy atom. The summed E-state index contributed by atoms with van der Waals surface area (Å²) in [6.45, 7) is 14.0. The third-order valence-electron chi connectivity index (χ3n) is 12.6. The zero-order valence-electron chi connectivity index (χ0n) is 38.9. The molecule has 1 aliphatic carbocycles. The molecule has 4 bridgehead atoms. The summed E-state index contributed by atoms with van der Waals surface area (Å²) in [6, 6.07) is 5.03. The number of anilines is 1. The van der Waals surface area contributed by atoms with Crippen molar-refractivity contribution in [3.63, 3.8) is 0 Å². The summed E-state index contributed by atoms with van der Waals surface area (Å²) >= 11 is 0. The molecular formula is C49H61N3O13. The maximum atomic E-state index is 14.7. The molecule has 2 aromatic rings. The van der Waals surface area contributed by atoms with Gasteiger partial charge in [0.2, 0.25) is 5.43 Å². The molecule has 16 heteroatoms. The number of allylic oxidation sites excluding steroid dienone is 2. The molecule has 6 rings (SSSR count). The van der Waals surface area contributed by atoms with E-state index in [1.54, 1.807) is 58.0 Å². The predicted molar refractivity (Wildman–Crippen MR) is 244 cm³/mol. The number of aliphatic hydroxyl groups is 2. The number of benzene rings is 3. The number of unbranched alkanes of at least 4 members (excludes halogenated alkanes) is 1. The SMILES string of the molecule is CO[C@H]1/C=C/O[C@@]2(C)Oc3c(C)c(O)c4c(=O)c(c5oc6cc(OCCCCN(C)C)ccc6nc-5c4c3C2=O)NC(=O)/C(C)=C\C=C\[C@H](C)[C@H](O)[C@@H](C)[C@@H](O)[C@@H](C)[C@H](OC(C)=O)[C@@H]1C. The average Bonchev–Trinajstić information content (AvgIpc) is 3.53. The number of esters is 1. The molecule has 4 aliphatic rings. The summed E-state index contributed by atoms with van der Waals surface area (Å²) in [6.07, 6.45) is 5.34. The second-order valence-electron chi connectivity index (χ2n) is 17.7. The molecule has 350 valence electrons. The number of Topliss-reactive ketones (excluding diaryl/α,β-unsaturated/α-hetero) is 1. The minimum atomic E-state index is -2.04. The van der Waals surface area contributed by atoms with E-state index in [-0.39, 0.29) is 55.9 Å². The van der Waals surface area contributed by atoms with Crippen molar-refractivity contribution in [1.82, 2.24) is 9.88 Å². The molecule has 0 fully saturated rings. The second kappa shape index (κ2) is 19.7. The quantitative estimate of drug-likeness (QED) is 0.0629. The first kappa shape index (κ1) is 48.6. The third kappa shape index (κ3) is 9.76. The van der Waals surface area contributed by atoms with Crippen LogP contribution in [-0.2, 0) is 23.8 Å². The van der Waals surface area contributed by atoms with Crippen LogP contribution in [0.1, 0.15) is 77.2 Å². The van der Waals surface area contributed by atoms with Crippen LogP contribution in [0.2, 0.25) is 0 Å². The number of aromatic nitrogens is 1. The van der Waals surface area contributed by atoms with Gasteiger partial charge in [0.1, 0.15) is 40.3 Å². The molecule has 0 radical (unpaired) electrons. The number of methoxy groups -OCH3 is 1. The van der Waals surface area contributed by atoms with E-state index in [9.17, 15) is 34.5 Å². The summed E-state index contributed by atoms with van der Waals surface area (Å²) in [7, 11) is 5.45. The van der Waals surface area contributed by atoms with E-state index < -0.39 is 82.7 Å². The number of phenols is 1. The van der Waals surface area contributed by atoms with Gasteiger partial charge < -0.3 is 53.6 Å². The van der Waals surface area contributed by atoms with Crippen molar-refractivity contribution in [3.05, 3.63) is 75.7 Å². The van der Waals surface area contributed by atoms with Gasteiger partial charge in [0.25, 0.3) is 11.7 Å². The molecule has 3 heterocycles. The highest BCUT2D eigenvalue weighted by Crippen LogP contribution is 2.50. The van der Waals surface area contributed by atoms with E-state index in [4.69, 9.17) is 33.1 Å². The summed E-state index contributed by atoms with van der Waals surface area (Å²) in [5, 5.41) is 37.1. The van der Waals surface area contributed by atoms with E-state index in [0.717, 1.165) is 19.4 Å². The largest absolute Gasteiger partial charge is 0.507 e. The number of hydrogen-bond acceptors (Lipinski definition) is 15. The van der Waals surface area contributed by atoms with Gasteiger partial charge in [-0.15, -0.1) is 0 Å². The van der Waals surface area contributed by atoms with E-state index in [1.165, 1.54) is 53.2 Å². The maximum absolute atomic E-state index is 14.7. The van der Waals surface area contributed by atoms with Crippen molar-refractivity contribution >= 4 is 45.2 Å². The molecule has 65 heavy (non-hydrogen) atoms. The van der Waals surface area contributed by atoms with Crippen LogP contribution >= 0.6 is 0 Å². The molecule has 0 saturated carbocycles. The smallest absolute Gasteiger partial charge is 0.312 e. The first-order valence-corrected chi connectivity index (χ1v) is 21.9. The number of fused-ring (bicyclic) bond motifs is 2. The monoisotopic (exact) mass is 899 g/mol. The molecule has 2 aromatic carbocycles. The molecular weight excluding hydrogens is 839 g/mol. The van der Waals surface area contributed by atoms with Gasteiger partial charge in [0.05, 0.1) is 42.1 Å². The highest BCUT2D eigenvalue weighted by Gasteiger charge is 2.50. The lowest BCUT2D eigenvalue weighted by Crippen LogP contribution is -2.46. The van der Waals surface area contributed by atoms with E-state index in [1.807, 2.05) is 14.1 Å². The molecule has 16 nitrogen and oxygen atoms in total. The second-order valence-corrected chi connectivity index (χ2v) is 17.7. The molecule has 3 aliphatic heterocycles. The van der Waals surface area contributed by atoms with Gasteiger partial charge in [-0.05, 0) is 65.5 Å². The Balaban J connectivity index is 1.54. The van der Waals surface area contributed by atoms with Gasteiger partial charge in [0, 0.05) is 67.2 Å². The normalized spacial score (nSPS) is 28.5. The molecule has 4 N–H and O–H groups in total. The van der Waals surface area contributed by atoms with Gasteiger partial charge >= 0.3 is 11.8 Å². The van der Waals surface area contributed by atoms with Crippen molar-refractivity contribution < 1.29 is 57.8 Å². The van der Waals surface area contributed by atoms with Crippen LogP contribution in [-0.4, -0.2) is 107 Å². The van der Waals surface area contributed by atoms with Crippen LogP contribution in [0.25, 0.3) is 33.3 Å². The van der Waals surface area contributed by atoms with E-state index in [2.05, 4.69) is 10.2 Å². The number of nitrogens with one attached hydrogen (secondary N) is 1. The van der Waals surface area contributed by atoms with Crippen LogP contribution in [0, 0.1) is 30.6 Å². The Hall–Kier alpha value is -5.81. The number of carbonyl (C=O) groups is 3. The van der Waals surface area contributed by atoms with Gasteiger partial charge in [-0.1, -0.05) is 45.9 Å². The average molecular weight is 900 g/mol. The zero-order valence-corrected chi connectivity index (χ0v) is 38.9. The standard InChI is InChI=1S/C49H61N3O13/c1-24-15-14-16-25(2)48(59)51-39-43(57)36-35(38-46(39)64-34-23-31(17-18-32(34)50-38)61-21-13-12-20-52(9)10)37-45(29(6)42(36)56)65-49(8,47(37)58)62-22-19-33(60-11)26(3)44(63-30(7)53)28(5)41(55)27(4)40(24)54/h14-19,22-24,26-28,33,40-41,44,54-56H,12-13,20-21H2,1-11H3,(H,51,59)/b15-14+,22-19+,25-16-/t24-,26+,27+,28+,33-,40-,41+,44+,49-/m0/s1. The Bertz CT molecular complexity index is 2580. The van der Waals surface area contributed by atoms with Gasteiger partial charge in [-0.2, -0.15) is 0 Å². The number of ether oxygens (including phenoxy) is 5. The molecule has 0 saturated heterocycles. The fourth-order valence-electron chi connectivity index (χ4n) is 8.59. The lowest BCUT2D eigenvalue weighted by atomic mass is 9.78. The molecule has 0 unspecified atom stereocenters. The first-order chi connectivity index (χ1) is 30.7. The molecule has 1 amide bonds. The number of ketones is 1. The number of rotatable bonds is 8. The van der Waals surface area contributed by atoms with Crippen molar-refractivity contribution in [1.29, 1.82) is 0 Å². The topological polar surface area (TPSA) is 216 Å². The fraction of sp³-hybridized carbons (Fsp3) is 0.490. The number of hydrogen-bond donors (Lipinski definition) is 4. The fourth-order valence-corrected chi connectivity index (χ4v) is 8.59. The lowest BCUT2D eigenvalue weighted by molar-refractivity contribution is -0.160. The number of aliphatic hydroxyl groups excluding tert-OH is 2. The Morgan fingerprint density at radius 1 is 0.985 bits per heavy atom. The number of aromatic hydroxyl groups is 1. The maximum Gasteiger partial charge on any atom is 0.312 e. The van der Waals surface area contributed by atoms with Crippen molar-refractivity contribution in [2.75, 3.05) is 39.7 Å². The summed E-state index contributed by atoms with van der Waals surface area (Å²) in [5.41, 5.74) is -0.523. The summed E-state index contributed by atoms with van der Waals surface area (Å²) in [5.74, 6) is -6.76. The molecule has 0 aromatic heterocycles. The van der Waals surface area contributed by atoms with Crippen molar-refractivity contribution in [2.24, 2.45) is 23.7 Å². The highest BCUT2D eigenvalue weighted by atomic mass is 16.7. The number of amides is 1. The number of phenolic OH excluding ortho intramolecular Hbond substituents is 1. The molecule has 9 atom stereocenters.